The van der Waals surface area contributed by atoms with E-state index in [1.807, 2.05) is 12.3 Å². The van der Waals surface area contributed by atoms with E-state index < -0.39 is 0 Å². The van der Waals surface area contributed by atoms with Gasteiger partial charge in [-0.05, 0) is 19.3 Å². The van der Waals surface area contributed by atoms with Crippen LogP contribution in [0.25, 0.3) is 0 Å². The maximum atomic E-state index is 9.65. The summed E-state index contributed by atoms with van der Waals surface area (Å²) >= 11 is 1.63. The first-order chi connectivity index (χ1) is 6.08. The molecule has 1 N–H and O–H groups in total. The van der Waals surface area contributed by atoms with Gasteiger partial charge in [0.25, 0.3) is 0 Å². The fourth-order valence-electron chi connectivity index (χ4n) is 1.33. The molecule has 0 fully saturated rings. The minimum Gasteiger partial charge on any atom is -0.393 e. The van der Waals surface area contributed by atoms with Crippen LogP contribution < -0.4 is 0 Å². The summed E-state index contributed by atoms with van der Waals surface area (Å²) in [5.74, 6) is 0.552. The molecule has 0 aromatic carbocycles. The number of aryl methyl sites for hydroxylation is 1. The molecular formula is C10H17NOS. The number of rotatable bonds is 4. The van der Waals surface area contributed by atoms with Crippen LogP contribution in [0.2, 0.25) is 0 Å². The quantitative estimate of drug-likeness (QED) is 0.807. The Labute approximate surface area is 83.6 Å². The summed E-state index contributed by atoms with van der Waals surface area (Å²) in [6.07, 6.45) is 1.33. The number of nitrogens with zero attached hydrogens (tertiary/aromatic N) is 1. The summed E-state index contributed by atoms with van der Waals surface area (Å²) in [7, 11) is 0. The Kier molecular flexibility index (Phi) is 3.88. The van der Waals surface area contributed by atoms with E-state index in [0.717, 1.165) is 17.1 Å². The highest BCUT2D eigenvalue weighted by molar-refractivity contribution is 7.09. The summed E-state index contributed by atoms with van der Waals surface area (Å²) in [5, 5.41) is 12.7. The lowest BCUT2D eigenvalue weighted by molar-refractivity contribution is 0.149. The highest BCUT2D eigenvalue weighted by Gasteiger charge is 2.09. The van der Waals surface area contributed by atoms with Crippen LogP contribution in [-0.4, -0.2) is 16.2 Å². The highest BCUT2D eigenvalue weighted by atomic mass is 32.1. The van der Waals surface area contributed by atoms with Gasteiger partial charge in [0, 0.05) is 17.5 Å². The van der Waals surface area contributed by atoms with Crippen LogP contribution in [0.5, 0.6) is 0 Å². The van der Waals surface area contributed by atoms with E-state index in [0.29, 0.717) is 12.3 Å². The summed E-state index contributed by atoms with van der Waals surface area (Å²) in [6, 6.07) is 0. The number of thiazole rings is 1. The maximum absolute atomic E-state index is 9.65. The number of hydrogen-bond donors (Lipinski definition) is 1. The summed E-state index contributed by atoms with van der Waals surface area (Å²) in [5.41, 5.74) is 1.05. The molecule has 0 radical (unpaired) electrons. The van der Waals surface area contributed by atoms with Crippen LogP contribution >= 0.6 is 11.3 Å². The third-order valence-electron chi connectivity index (χ3n) is 1.82. The van der Waals surface area contributed by atoms with Crippen molar-refractivity contribution in [2.24, 2.45) is 5.92 Å². The monoisotopic (exact) mass is 199 g/mol. The molecule has 13 heavy (non-hydrogen) atoms. The van der Waals surface area contributed by atoms with Crippen molar-refractivity contribution in [3.8, 4) is 0 Å². The van der Waals surface area contributed by atoms with Crippen LogP contribution in [0, 0.1) is 12.8 Å². The van der Waals surface area contributed by atoms with Crippen LogP contribution in [-0.2, 0) is 6.42 Å². The van der Waals surface area contributed by atoms with Crippen LogP contribution in [0.15, 0.2) is 5.38 Å². The molecule has 1 unspecified atom stereocenters. The standard InChI is InChI=1S/C10H17NOS/c1-7(2)4-9(12)5-10-11-8(3)6-13-10/h6-7,9,12H,4-5H2,1-3H3. The zero-order valence-corrected chi connectivity index (χ0v) is 9.27. The Morgan fingerprint density at radius 3 is 2.69 bits per heavy atom. The molecule has 0 aliphatic rings. The van der Waals surface area contributed by atoms with Crippen LogP contribution in [0.3, 0.4) is 0 Å². The molecule has 1 aromatic heterocycles. The van der Waals surface area contributed by atoms with Crippen molar-refractivity contribution in [2.45, 2.75) is 39.7 Å². The Bertz CT molecular complexity index is 257. The smallest absolute Gasteiger partial charge is 0.0953 e. The second-order valence-corrected chi connectivity index (χ2v) is 4.81. The molecule has 2 nitrogen and oxygen atoms in total. The van der Waals surface area contributed by atoms with Crippen molar-refractivity contribution in [3.05, 3.63) is 16.1 Å². The van der Waals surface area contributed by atoms with Crippen molar-refractivity contribution < 1.29 is 5.11 Å². The molecule has 0 saturated carbocycles. The average Bonchev–Trinajstić information content (AvgIpc) is 2.33. The van der Waals surface area contributed by atoms with Crippen molar-refractivity contribution in [1.82, 2.24) is 4.98 Å². The fraction of sp³-hybridized carbons (Fsp3) is 0.700. The number of hydrogen-bond acceptors (Lipinski definition) is 3. The van der Waals surface area contributed by atoms with E-state index in [4.69, 9.17) is 0 Å². The lowest BCUT2D eigenvalue weighted by atomic mass is 10.0. The first-order valence-corrected chi connectivity index (χ1v) is 5.55. The Balaban J connectivity index is 2.40. The van der Waals surface area contributed by atoms with Gasteiger partial charge < -0.3 is 5.11 Å². The largest absolute Gasteiger partial charge is 0.393 e. The van der Waals surface area contributed by atoms with Gasteiger partial charge in [-0.3, -0.25) is 0 Å². The van der Waals surface area contributed by atoms with Gasteiger partial charge >= 0.3 is 0 Å². The predicted molar refractivity (Wildman–Crippen MR) is 56.0 cm³/mol. The second-order valence-electron chi connectivity index (χ2n) is 3.87. The minimum atomic E-state index is -0.231. The Morgan fingerprint density at radius 2 is 2.23 bits per heavy atom. The van der Waals surface area contributed by atoms with E-state index in [2.05, 4.69) is 18.8 Å². The van der Waals surface area contributed by atoms with Gasteiger partial charge in [0.1, 0.15) is 0 Å². The fourth-order valence-corrected chi connectivity index (χ4v) is 2.17. The van der Waals surface area contributed by atoms with Gasteiger partial charge in [0.15, 0.2) is 0 Å². The van der Waals surface area contributed by atoms with Crippen molar-refractivity contribution in [1.29, 1.82) is 0 Å². The number of aliphatic hydroxyl groups is 1. The Hall–Kier alpha value is -0.410. The first kappa shape index (κ1) is 10.7. The van der Waals surface area contributed by atoms with Crippen molar-refractivity contribution in [2.75, 3.05) is 0 Å². The maximum Gasteiger partial charge on any atom is 0.0953 e. The summed E-state index contributed by atoms with van der Waals surface area (Å²) in [6.45, 7) is 6.22. The van der Waals surface area contributed by atoms with Crippen molar-refractivity contribution in [3.63, 3.8) is 0 Å². The first-order valence-electron chi connectivity index (χ1n) is 4.67. The minimum absolute atomic E-state index is 0.231. The van der Waals surface area contributed by atoms with Gasteiger partial charge in [0.2, 0.25) is 0 Å². The molecule has 1 atom stereocenters. The molecule has 0 amide bonds. The summed E-state index contributed by atoms with van der Waals surface area (Å²) < 4.78 is 0. The van der Waals surface area contributed by atoms with Gasteiger partial charge in [-0.15, -0.1) is 11.3 Å². The summed E-state index contributed by atoms with van der Waals surface area (Å²) in [4.78, 5) is 4.32. The van der Waals surface area contributed by atoms with E-state index in [-0.39, 0.29) is 6.10 Å². The van der Waals surface area contributed by atoms with E-state index in [1.165, 1.54) is 0 Å². The lowest BCUT2D eigenvalue weighted by Crippen LogP contribution is -2.13. The van der Waals surface area contributed by atoms with Gasteiger partial charge in [-0.2, -0.15) is 0 Å². The average molecular weight is 199 g/mol. The highest BCUT2D eigenvalue weighted by Crippen LogP contribution is 2.14. The van der Waals surface area contributed by atoms with E-state index in [1.54, 1.807) is 11.3 Å². The lowest BCUT2D eigenvalue weighted by Gasteiger charge is -2.10. The molecule has 3 heteroatoms. The molecule has 0 spiro atoms. The van der Waals surface area contributed by atoms with Crippen LogP contribution in [0.4, 0.5) is 0 Å². The zero-order valence-electron chi connectivity index (χ0n) is 8.45. The molecular weight excluding hydrogens is 182 g/mol. The van der Waals surface area contributed by atoms with Crippen LogP contribution in [0.1, 0.15) is 31.0 Å². The predicted octanol–water partition coefficient (Wildman–Crippen LogP) is 2.40. The third kappa shape index (κ3) is 3.87. The molecule has 1 aromatic rings. The molecule has 1 heterocycles. The molecule has 74 valence electrons. The molecule has 0 saturated heterocycles. The molecule has 0 aliphatic carbocycles. The SMILES string of the molecule is Cc1csc(CC(O)CC(C)C)n1. The van der Waals surface area contributed by atoms with Gasteiger partial charge in [-0.25, -0.2) is 4.98 Å². The normalized spacial score (nSPS) is 13.6. The zero-order chi connectivity index (χ0) is 9.84. The van der Waals surface area contributed by atoms with Gasteiger partial charge in [0.05, 0.1) is 11.1 Å². The van der Waals surface area contributed by atoms with Crippen molar-refractivity contribution >= 4 is 11.3 Å². The van der Waals surface area contributed by atoms with E-state index in [9.17, 15) is 5.11 Å². The molecule has 1 rings (SSSR count). The third-order valence-corrected chi connectivity index (χ3v) is 2.81. The Morgan fingerprint density at radius 1 is 1.54 bits per heavy atom. The molecule has 0 aliphatic heterocycles. The van der Waals surface area contributed by atoms with Gasteiger partial charge in [-0.1, -0.05) is 13.8 Å². The number of aromatic nitrogens is 1. The topological polar surface area (TPSA) is 33.1 Å². The number of aliphatic hydroxyl groups excluding tert-OH is 1. The van der Waals surface area contributed by atoms with E-state index >= 15 is 0 Å². The second kappa shape index (κ2) is 4.72. The molecule has 0 bridgehead atoms.